The summed E-state index contributed by atoms with van der Waals surface area (Å²) in [7, 11) is 0. The fourth-order valence-electron chi connectivity index (χ4n) is 1.97. The summed E-state index contributed by atoms with van der Waals surface area (Å²) in [5, 5.41) is 0.549. The number of rotatable bonds is 4. The van der Waals surface area contributed by atoms with Gasteiger partial charge in [-0.15, -0.1) is 0 Å². The van der Waals surface area contributed by atoms with Crippen LogP contribution in [0.4, 0.5) is 0 Å². The lowest BCUT2D eigenvalue weighted by Crippen LogP contribution is -2.14. The van der Waals surface area contributed by atoms with Gasteiger partial charge in [0, 0.05) is 5.56 Å². The molecule has 0 aliphatic heterocycles. The maximum Gasteiger partial charge on any atom is 0.342 e. The summed E-state index contributed by atoms with van der Waals surface area (Å²) in [4.78, 5) is 11.8. The molecule has 1 heterocycles. The van der Waals surface area contributed by atoms with E-state index in [1.165, 1.54) is 6.42 Å². The Bertz CT molecular complexity index is 380. The molecule has 2 rings (SSSR count). The zero-order chi connectivity index (χ0) is 11.5. The molecule has 0 unspecified atom stereocenters. The van der Waals surface area contributed by atoms with Crippen molar-refractivity contribution in [3.05, 3.63) is 23.2 Å². The Hall–Kier alpha value is -0.770. The van der Waals surface area contributed by atoms with Crippen molar-refractivity contribution >= 4 is 21.9 Å². The molecule has 0 spiro atoms. The predicted molar refractivity (Wildman–Crippen MR) is 63.9 cm³/mol. The van der Waals surface area contributed by atoms with E-state index in [9.17, 15) is 4.79 Å². The Morgan fingerprint density at radius 2 is 2.38 bits per heavy atom. The van der Waals surface area contributed by atoms with Crippen molar-refractivity contribution in [2.45, 2.75) is 37.4 Å². The highest BCUT2D eigenvalue weighted by Crippen LogP contribution is 2.40. The van der Waals surface area contributed by atoms with Crippen LogP contribution in [-0.2, 0) is 10.1 Å². The van der Waals surface area contributed by atoms with Gasteiger partial charge in [0.05, 0.1) is 18.2 Å². The van der Waals surface area contributed by atoms with E-state index in [0.717, 1.165) is 18.4 Å². The normalized spacial score (nSPS) is 15.9. The van der Waals surface area contributed by atoms with Crippen molar-refractivity contribution < 1.29 is 13.9 Å². The van der Waals surface area contributed by atoms with E-state index in [-0.39, 0.29) is 5.97 Å². The first-order valence-corrected chi connectivity index (χ1v) is 6.73. The fraction of sp³-hybridized carbons (Fsp3) is 0.583. The maximum atomic E-state index is 11.8. The van der Waals surface area contributed by atoms with Crippen LogP contribution in [0.1, 0.15) is 53.8 Å². The quantitative estimate of drug-likeness (QED) is 0.627. The van der Waals surface area contributed by atoms with Crippen LogP contribution in [-0.4, -0.2) is 12.6 Å². The van der Waals surface area contributed by atoms with E-state index in [0.29, 0.717) is 29.2 Å². The average Bonchev–Trinajstić information content (AvgIpc) is 2.59. The van der Waals surface area contributed by atoms with Crippen LogP contribution >= 0.6 is 15.9 Å². The molecule has 1 aromatic heterocycles. The molecule has 4 heteroatoms. The third-order valence-corrected chi connectivity index (χ3v) is 3.55. The van der Waals surface area contributed by atoms with Crippen molar-refractivity contribution in [2.75, 3.05) is 6.61 Å². The minimum absolute atomic E-state index is 0.257. The van der Waals surface area contributed by atoms with E-state index in [1.54, 1.807) is 6.26 Å². The number of halogens is 1. The second kappa shape index (κ2) is 5.04. The van der Waals surface area contributed by atoms with Gasteiger partial charge in [0.25, 0.3) is 0 Å². The molecule has 3 nitrogen and oxygen atoms in total. The lowest BCUT2D eigenvalue weighted by molar-refractivity contribution is 0.0522. The SMILES string of the molecule is CCOC(=O)c1c(C2CCC2)coc1CBr. The molecule has 16 heavy (non-hydrogen) atoms. The van der Waals surface area contributed by atoms with Gasteiger partial charge in [-0.2, -0.15) is 0 Å². The molecule has 0 radical (unpaired) electrons. The third kappa shape index (κ3) is 2.03. The summed E-state index contributed by atoms with van der Waals surface area (Å²) < 4.78 is 10.5. The lowest BCUT2D eigenvalue weighted by Gasteiger charge is -2.24. The summed E-state index contributed by atoms with van der Waals surface area (Å²) in [5.41, 5.74) is 1.67. The van der Waals surface area contributed by atoms with Crippen LogP contribution in [0.15, 0.2) is 10.7 Å². The van der Waals surface area contributed by atoms with Gasteiger partial charge in [0.15, 0.2) is 0 Å². The van der Waals surface area contributed by atoms with E-state index < -0.39 is 0 Å². The molecular formula is C12H15BrO3. The number of ether oxygens (including phenoxy) is 1. The summed E-state index contributed by atoms with van der Waals surface area (Å²) in [6.07, 6.45) is 5.25. The predicted octanol–water partition coefficient (Wildman–Crippen LogP) is 3.62. The smallest absolute Gasteiger partial charge is 0.342 e. The van der Waals surface area contributed by atoms with Gasteiger partial charge in [0.1, 0.15) is 11.3 Å². The molecular weight excluding hydrogens is 272 g/mol. The summed E-state index contributed by atoms with van der Waals surface area (Å²) in [6, 6.07) is 0. The molecule has 0 bridgehead atoms. The van der Waals surface area contributed by atoms with Crippen LogP contribution in [0.3, 0.4) is 0 Å². The highest BCUT2D eigenvalue weighted by Gasteiger charge is 2.29. The molecule has 0 amide bonds. The molecule has 1 aliphatic carbocycles. The van der Waals surface area contributed by atoms with Gasteiger partial charge < -0.3 is 9.15 Å². The van der Waals surface area contributed by atoms with Gasteiger partial charge in [-0.25, -0.2) is 4.79 Å². The molecule has 0 saturated heterocycles. The van der Waals surface area contributed by atoms with Gasteiger partial charge in [-0.1, -0.05) is 22.4 Å². The van der Waals surface area contributed by atoms with Crippen molar-refractivity contribution in [1.29, 1.82) is 0 Å². The molecule has 0 atom stereocenters. The first kappa shape index (κ1) is 11.7. The second-order valence-corrected chi connectivity index (χ2v) is 4.53. The van der Waals surface area contributed by atoms with E-state index in [2.05, 4.69) is 15.9 Å². The zero-order valence-corrected chi connectivity index (χ0v) is 10.9. The number of hydrogen-bond donors (Lipinski definition) is 0. The topological polar surface area (TPSA) is 39.4 Å². The number of hydrogen-bond acceptors (Lipinski definition) is 3. The van der Waals surface area contributed by atoms with Crippen LogP contribution in [0, 0.1) is 0 Å². The van der Waals surface area contributed by atoms with Crippen LogP contribution in [0.5, 0.6) is 0 Å². The lowest BCUT2D eigenvalue weighted by atomic mass is 9.79. The molecule has 1 aliphatic rings. The Kier molecular flexibility index (Phi) is 3.69. The van der Waals surface area contributed by atoms with Gasteiger partial charge in [-0.05, 0) is 25.7 Å². The average molecular weight is 287 g/mol. The third-order valence-electron chi connectivity index (χ3n) is 3.04. The summed E-state index contributed by atoms with van der Waals surface area (Å²) in [6.45, 7) is 2.21. The highest BCUT2D eigenvalue weighted by atomic mass is 79.9. The Morgan fingerprint density at radius 1 is 1.62 bits per heavy atom. The van der Waals surface area contributed by atoms with Crippen molar-refractivity contribution in [3.63, 3.8) is 0 Å². The van der Waals surface area contributed by atoms with Crippen LogP contribution in [0.2, 0.25) is 0 Å². The first-order valence-electron chi connectivity index (χ1n) is 5.61. The Morgan fingerprint density at radius 3 is 2.88 bits per heavy atom. The molecule has 88 valence electrons. The molecule has 1 aromatic rings. The minimum atomic E-state index is -0.257. The first-order chi connectivity index (χ1) is 7.77. The number of carbonyl (C=O) groups is 1. The largest absolute Gasteiger partial charge is 0.467 e. The van der Waals surface area contributed by atoms with Crippen molar-refractivity contribution in [1.82, 2.24) is 0 Å². The van der Waals surface area contributed by atoms with E-state index >= 15 is 0 Å². The van der Waals surface area contributed by atoms with Crippen LogP contribution in [0.25, 0.3) is 0 Å². The van der Waals surface area contributed by atoms with E-state index in [1.807, 2.05) is 6.92 Å². The molecule has 1 fully saturated rings. The monoisotopic (exact) mass is 286 g/mol. The fourth-order valence-corrected chi connectivity index (χ4v) is 2.38. The molecule has 1 saturated carbocycles. The van der Waals surface area contributed by atoms with Crippen molar-refractivity contribution in [2.24, 2.45) is 0 Å². The molecule has 0 aromatic carbocycles. The number of carbonyl (C=O) groups excluding carboxylic acids is 1. The second-order valence-electron chi connectivity index (χ2n) is 3.97. The Labute approximate surface area is 103 Å². The maximum absolute atomic E-state index is 11.8. The summed E-state index contributed by atoms with van der Waals surface area (Å²) in [5.74, 6) is 0.906. The standard InChI is InChI=1S/C12H15BrO3/c1-2-15-12(14)11-9(8-4-3-5-8)7-16-10(11)6-13/h7-8H,2-6H2,1H3. The number of esters is 1. The highest BCUT2D eigenvalue weighted by molar-refractivity contribution is 9.08. The van der Waals surface area contributed by atoms with Gasteiger partial charge in [0.2, 0.25) is 0 Å². The van der Waals surface area contributed by atoms with Crippen LogP contribution < -0.4 is 0 Å². The van der Waals surface area contributed by atoms with Gasteiger partial charge >= 0.3 is 5.97 Å². The Balaban J connectivity index is 2.30. The van der Waals surface area contributed by atoms with E-state index in [4.69, 9.17) is 9.15 Å². The van der Waals surface area contributed by atoms with Gasteiger partial charge in [-0.3, -0.25) is 0 Å². The zero-order valence-electron chi connectivity index (χ0n) is 9.29. The minimum Gasteiger partial charge on any atom is -0.467 e. The number of alkyl halides is 1. The molecule has 0 N–H and O–H groups in total. The number of furan rings is 1. The summed E-state index contributed by atoms with van der Waals surface area (Å²) >= 11 is 3.33. The van der Waals surface area contributed by atoms with Crippen molar-refractivity contribution in [3.8, 4) is 0 Å².